The lowest BCUT2D eigenvalue weighted by molar-refractivity contribution is -0.0642. The van der Waals surface area contributed by atoms with Gasteiger partial charge in [-0.15, -0.1) is 11.3 Å². The van der Waals surface area contributed by atoms with E-state index < -0.39 is 0 Å². The number of hydrogen-bond acceptors (Lipinski definition) is 3. The molecule has 2 heterocycles. The third kappa shape index (κ3) is 3.54. The van der Waals surface area contributed by atoms with Crippen LogP contribution in [0.2, 0.25) is 0 Å². The topological polar surface area (TPSA) is 21.3 Å². The Labute approximate surface area is 108 Å². The monoisotopic (exact) mass is 253 g/mol. The molecular weight excluding hydrogens is 230 g/mol. The fourth-order valence-electron chi connectivity index (χ4n) is 2.55. The van der Waals surface area contributed by atoms with E-state index in [0.717, 1.165) is 25.9 Å². The molecule has 0 radical (unpaired) electrons. The first-order valence-corrected chi connectivity index (χ1v) is 7.42. The molecule has 1 aliphatic heterocycles. The van der Waals surface area contributed by atoms with Crippen molar-refractivity contribution in [2.24, 2.45) is 0 Å². The number of ether oxygens (including phenoxy) is 1. The van der Waals surface area contributed by atoms with Crippen molar-refractivity contribution < 1.29 is 4.74 Å². The minimum atomic E-state index is 0.0314. The summed E-state index contributed by atoms with van der Waals surface area (Å²) in [5, 5.41) is 5.95. The van der Waals surface area contributed by atoms with Gasteiger partial charge in [-0.25, -0.2) is 0 Å². The van der Waals surface area contributed by atoms with Crippen LogP contribution in [-0.2, 0) is 4.74 Å². The summed E-state index contributed by atoms with van der Waals surface area (Å²) in [6.07, 6.45) is 3.39. The van der Waals surface area contributed by atoms with Gasteiger partial charge in [0.25, 0.3) is 0 Å². The number of nitrogens with one attached hydrogen (secondary N) is 1. The highest BCUT2D eigenvalue weighted by atomic mass is 32.1. The Kier molecular flexibility index (Phi) is 4.23. The Balaban J connectivity index is 1.95. The summed E-state index contributed by atoms with van der Waals surface area (Å²) in [6.45, 7) is 7.51. The van der Waals surface area contributed by atoms with Gasteiger partial charge in [0.2, 0.25) is 0 Å². The molecule has 3 heteroatoms. The van der Waals surface area contributed by atoms with Gasteiger partial charge in [-0.2, -0.15) is 0 Å². The van der Waals surface area contributed by atoms with Gasteiger partial charge in [-0.3, -0.25) is 0 Å². The SMILES string of the molecule is CCC(NC1CCOC(C)(C)C1)c1cccs1. The lowest BCUT2D eigenvalue weighted by Gasteiger charge is -2.37. The number of thiophene rings is 1. The molecule has 0 amide bonds. The van der Waals surface area contributed by atoms with E-state index in [1.165, 1.54) is 4.88 Å². The zero-order valence-electron chi connectivity index (χ0n) is 11.0. The van der Waals surface area contributed by atoms with Crippen molar-refractivity contribution in [2.75, 3.05) is 6.61 Å². The molecule has 1 fully saturated rings. The third-order valence-corrected chi connectivity index (χ3v) is 4.41. The van der Waals surface area contributed by atoms with E-state index in [1.807, 2.05) is 11.3 Å². The average Bonchev–Trinajstić information content (AvgIpc) is 2.78. The summed E-state index contributed by atoms with van der Waals surface area (Å²) >= 11 is 1.85. The molecule has 0 spiro atoms. The molecule has 2 atom stereocenters. The van der Waals surface area contributed by atoms with E-state index in [-0.39, 0.29) is 5.60 Å². The highest BCUT2D eigenvalue weighted by Crippen LogP contribution is 2.28. The smallest absolute Gasteiger partial charge is 0.0641 e. The van der Waals surface area contributed by atoms with Crippen LogP contribution in [0.4, 0.5) is 0 Å². The minimum Gasteiger partial charge on any atom is -0.375 e. The van der Waals surface area contributed by atoms with Gasteiger partial charge in [-0.05, 0) is 44.6 Å². The largest absolute Gasteiger partial charge is 0.375 e. The van der Waals surface area contributed by atoms with Gasteiger partial charge >= 0.3 is 0 Å². The van der Waals surface area contributed by atoms with Crippen LogP contribution in [-0.4, -0.2) is 18.2 Å². The van der Waals surface area contributed by atoms with Gasteiger partial charge in [-0.1, -0.05) is 13.0 Å². The Hall–Kier alpha value is -0.380. The predicted molar refractivity (Wildman–Crippen MR) is 73.5 cm³/mol. The molecule has 1 aliphatic rings. The fraction of sp³-hybridized carbons (Fsp3) is 0.714. The van der Waals surface area contributed by atoms with Crippen LogP contribution in [0.3, 0.4) is 0 Å². The van der Waals surface area contributed by atoms with Crippen LogP contribution in [0.1, 0.15) is 51.0 Å². The molecule has 0 aliphatic carbocycles. The van der Waals surface area contributed by atoms with Gasteiger partial charge < -0.3 is 10.1 Å². The summed E-state index contributed by atoms with van der Waals surface area (Å²) < 4.78 is 5.76. The second-order valence-electron chi connectivity index (χ2n) is 5.44. The summed E-state index contributed by atoms with van der Waals surface area (Å²) in [6, 6.07) is 5.47. The molecule has 2 unspecified atom stereocenters. The molecule has 17 heavy (non-hydrogen) atoms. The zero-order valence-corrected chi connectivity index (χ0v) is 11.8. The van der Waals surface area contributed by atoms with Gasteiger partial charge in [0.15, 0.2) is 0 Å². The van der Waals surface area contributed by atoms with Crippen molar-refractivity contribution in [2.45, 2.75) is 57.7 Å². The molecule has 96 valence electrons. The lowest BCUT2D eigenvalue weighted by Crippen LogP contribution is -2.44. The molecule has 1 aromatic heterocycles. The van der Waals surface area contributed by atoms with Gasteiger partial charge in [0.1, 0.15) is 0 Å². The first kappa shape index (κ1) is 13.1. The first-order valence-electron chi connectivity index (χ1n) is 6.54. The maximum absolute atomic E-state index is 5.76. The van der Waals surface area contributed by atoms with Crippen LogP contribution in [0.25, 0.3) is 0 Å². The van der Waals surface area contributed by atoms with Crippen LogP contribution in [0.5, 0.6) is 0 Å². The maximum atomic E-state index is 5.76. The lowest BCUT2D eigenvalue weighted by atomic mass is 9.93. The third-order valence-electron chi connectivity index (χ3n) is 3.43. The van der Waals surface area contributed by atoms with E-state index >= 15 is 0 Å². The van der Waals surface area contributed by atoms with E-state index in [9.17, 15) is 0 Å². The molecular formula is C14H23NOS. The van der Waals surface area contributed by atoms with Crippen LogP contribution in [0, 0.1) is 0 Å². The summed E-state index contributed by atoms with van der Waals surface area (Å²) in [4.78, 5) is 1.46. The molecule has 2 rings (SSSR count). The van der Waals surface area contributed by atoms with E-state index in [0.29, 0.717) is 12.1 Å². The fourth-order valence-corrected chi connectivity index (χ4v) is 3.42. The predicted octanol–water partition coefficient (Wildman–Crippen LogP) is 3.75. The van der Waals surface area contributed by atoms with Gasteiger partial charge in [0.05, 0.1) is 5.60 Å². The molecule has 1 aromatic rings. The Morgan fingerprint density at radius 2 is 2.41 bits per heavy atom. The second kappa shape index (κ2) is 5.51. The number of rotatable bonds is 4. The summed E-state index contributed by atoms with van der Waals surface area (Å²) in [5.41, 5.74) is 0.0314. The quantitative estimate of drug-likeness (QED) is 0.882. The van der Waals surface area contributed by atoms with Crippen molar-refractivity contribution in [1.82, 2.24) is 5.32 Å². The highest BCUT2D eigenvalue weighted by molar-refractivity contribution is 7.10. The molecule has 1 N–H and O–H groups in total. The molecule has 0 bridgehead atoms. The highest BCUT2D eigenvalue weighted by Gasteiger charge is 2.29. The molecule has 0 saturated carbocycles. The summed E-state index contributed by atoms with van der Waals surface area (Å²) in [7, 11) is 0. The molecule has 0 aromatic carbocycles. The molecule has 2 nitrogen and oxygen atoms in total. The van der Waals surface area contributed by atoms with Crippen molar-refractivity contribution in [3.05, 3.63) is 22.4 Å². The maximum Gasteiger partial charge on any atom is 0.0641 e. The van der Waals surface area contributed by atoms with E-state index in [1.54, 1.807) is 0 Å². The standard InChI is InChI=1S/C14H23NOS/c1-4-12(13-6-5-9-17-13)15-11-7-8-16-14(2,3)10-11/h5-6,9,11-12,15H,4,7-8,10H2,1-3H3. The molecule has 1 saturated heterocycles. The average molecular weight is 253 g/mol. The van der Waals surface area contributed by atoms with E-state index in [2.05, 4.69) is 43.6 Å². The Morgan fingerprint density at radius 3 is 3.00 bits per heavy atom. The van der Waals surface area contributed by atoms with Crippen molar-refractivity contribution in [1.29, 1.82) is 0 Å². The summed E-state index contributed by atoms with van der Waals surface area (Å²) in [5.74, 6) is 0. The minimum absolute atomic E-state index is 0.0314. The van der Waals surface area contributed by atoms with E-state index in [4.69, 9.17) is 4.74 Å². The van der Waals surface area contributed by atoms with Crippen molar-refractivity contribution in [3.63, 3.8) is 0 Å². The number of hydrogen-bond donors (Lipinski definition) is 1. The first-order chi connectivity index (χ1) is 8.11. The zero-order chi connectivity index (χ0) is 12.3. The second-order valence-corrected chi connectivity index (χ2v) is 6.42. The van der Waals surface area contributed by atoms with Crippen LogP contribution in [0.15, 0.2) is 17.5 Å². The normalized spacial score (nSPS) is 25.7. The van der Waals surface area contributed by atoms with Crippen LogP contribution >= 0.6 is 11.3 Å². The Bertz CT molecular complexity index is 334. The van der Waals surface area contributed by atoms with Crippen molar-refractivity contribution >= 4 is 11.3 Å². The van der Waals surface area contributed by atoms with Crippen molar-refractivity contribution in [3.8, 4) is 0 Å². The van der Waals surface area contributed by atoms with Crippen LogP contribution < -0.4 is 5.32 Å². The Morgan fingerprint density at radius 1 is 1.59 bits per heavy atom. The van der Waals surface area contributed by atoms with Gasteiger partial charge in [0, 0.05) is 23.6 Å².